The van der Waals surface area contributed by atoms with Crippen LogP contribution < -0.4 is 4.90 Å². The van der Waals surface area contributed by atoms with Crippen LogP contribution in [-0.4, -0.2) is 11.9 Å². The molecule has 1 amide bonds. The van der Waals surface area contributed by atoms with E-state index in [2.05, 4.69) is 24.0 Å². The van der Waals surface area contributed by atoms with E-state index >= 15 is 0 Å². The summed E-state index contributed by atoms with van der Waals surface area (Å²) in [6, 6.07) is 10.7. The van der Waals surface area contributed by atoms with Crippen molar-refractivity contribution in [3.63, 3.8) is 0 Å². The van der Waals surface area contributed by atoms with Crippen molar-refractivity contribution in [1.29, 1.82) is 0 Å². The molecule has 3 rings (SSSR count). The lowest BCUT2D eigenvalue weighted by Gasteiger charge is -2.52. The Morgan fingerprint density at radius 2 is 1.81 bits per heavy atom. The number of carbonyl (C=O) groups excluding carboxylic acids is 1. The molecule has 2 heteroatoms. The van der Waals surface area contributed by atoms with E-state index in [1.807, 2.05) is 18.2 Å². The molecule has 1 aliphatic carbocycles. The zero-order valence-electron chi connectivity index (χ0n) is 13.1. The Kier molecular flexibility index (Phi) is 4.62. The second kappa shape index (κ2) is 6.64. The Morgan fingerprint density at radius 3 is 2.48 bits per heavy atom. The maximum Gasteiger partial charge on any atom is 0.232 e. The minimum absolute atomic E-state index is 0.285. The minimum Gasteiger partial charge on any atom is -0.308 e. The lowest BCUT2D eigenvalue weighted by molar-refractivity contribution is -0.132. The molecule has 1 aromatic carbocycles. The fourth-order valence-electron chi connectivity index (χ4n) is 4.19. The van der Waals surface area contributed by atoms with Gasteiger partial charge in [-0.25, -0.2) is 0 Å². The summed E-state index contributed by atoms with van der Waals surface area (Å²) in [6.07, 6.45) is 10.1. The first-order chi connectivity index (χ1) is 10.3. The number of amides is 1. The normalized spacial score (nSPS) is 26.7. The van der Waals surface area contributed by atoms with E-state index in [1.54, 1.807) is 0 Å². The molecule has 1 aromatic rings. The maximum absolute atomic E-state index is 12.6. The van der Waals surface area contributed by atoms with Crippen molar-refractivity contribution < 1.29 is 4.79 Å². The Morgan fingerprint density at radius 1 is 1.10 bits per heavy atom. The number of β-lactam (4-membered cyclic amide) rings is 1. The van der Waals surface area contributed by atoms with Crippen LogP contribution in [0.15, 0.2) is 30.3 Å². The molecule has 0 unspecified atom stereocenters. The molecule has 1 saturated carbocycles. The van der Waals surface area contributed by atoms with Gasteiger partial charge in [0.05, 0.1) is 12.0 Å². The van der Waals surface area contributed by atoms with Crippen LogP contribution >= 0.6 is 0 Å². The summed E-state index contributed by atoms with van der Waals surface area (Å²) in [4.78, 5) is 14.8. The molecule has 2 atom stereocenters. The van der Waals surface area contributed by atoms with Gasteiger partial charge in [0.15, 0.2) is 0 Å². The van der Waals surface area contributed by atoms with Gasteiger partial charge >= 0.3 is 0 Å². The second-order valence-corrected chi connectivity index (χ2v) is 6.68. The SMILES string of the molecule is CCCC[C@H]1C(=O)N(c2ccccc2)[C@H]1C1CCCCC1. The van der Waals surface area contributed by atoms with Crippen LogP contribution in [0.2, 0.25) is 0 Å². The molecule has 21 heavy (non-hydrogen) atoms. The first-order valence-corrected chi connectivity index (χ1v) is 8.71. The fourth-order valence-corrected chi connectivity index (χ4v) is 4.19. The first-order valence-electron chi connectivity index (χ1n) is 8.71. The Labute approximate surface area is 128 Å². The average Bonchev–Trinajstić information content (AvgIpc) is 2.54. The van der Waals surface area contributed by atoms with Gasteiger partial charge < -0.3 is 4.90 Å². The van der Waals surface area contributed by atoms with E-state index in [9.17, 15) is 4.79 Å². The Bertz CT molecular complexity index is 464. The zero-order chi connectivity index (χ0) is 14.7. The number of hydrogen-bond donors (Lipinski definition) is 0. The molecule has 0 aromatic heterocycles. The fraction of sp³-hybridized carbons (Fsp3) is 0.632. The van der Waals surface area contributed by atoms with Crippen molar-refractivity contribution in [1.82, 2.24) is 0 Å². The number of nitrogens with zero attached hydrogens (tertiary/aromatic N) is 1. The third kappa shape index (κ3) is 2.86. The summed E-state index contributed by atoms with van der Waals surface area (Å²) < 4.78 is 0. The smallest absolute Gasteiger partial charge is 0.232 e. The minimum atomic E-state index is 0.285. The van der Waals surface area contributed by atoms with Crippen LogP contribution in [0.1, 0.15) is 58.3 Å². The van der Waals surface area contributed by atoms with Crippen molar-refractivity contribution in [3.8, 4) is 0 Å². The summed E-state index contributed by atoms with van der Waals surface area (Å²) in [5.74, 6) is 1.37. The Hall–Kier alpha value is -1.31. The lowest BCUT2D eigenvalue weighted by Crippen LogP contribution is -2.64. The molecule has 1 saturated heterocycles. The molecular weight excluding hydrogens is 258 g/mol. The molecule has 0 bridgehead atoms. The highest BCUT2D eigenvalue weighted by molar-refractivity contribution is 6.03. The quantitative estimate of drug-likeness (QED) is 0.712. The largest absolute Gasteiger partial charge is 0.308 e. The highest BCUT2D eigenvalue weighted by Gasteiger charge is 2.50. The van der Waals surface area contributed by atoms with Gasteiger partial charge in [0.1, 0.15) is 0 Å². The van der Waals surface area contributed by atoms with Crippen LogP contribution in [0.3, 0.4) is 0 Å². The first kappa shape index (κ1) is 14.6. The molecule has 0 radical (unpaired) electrons. The van der Waals surface area contributed by atoms with E-state index in [0.29, 0.717) is 11.9 Å². The predicted molar refractivity (Wildman–Crippen MR) is 87.3 cm³/mol. The van der Waals surface area contributed by atoms with E-state index < -0.39 is 0 Å². The van der Waals surface area contributed by atoms with Gasteiger partial charge in [0, 0.05) is 5.69 Å². The van der Waals surface area contributed by atoms with Crippen molar-refractivity contribution in [3.05, 3.63) is 30.3 Å². The Balaban J connectivity index is 1.79. The molecule has 2 aliphatic rings. The number of unbranched alkanes of at least 4 members (excludes halogenated alkanes) is 1. The molecule has 1 heterocycles. The molecular formula is C19H27NO. The summed E-state index contributed by atoms with van der Waals surface area (Å²) in [5, 5.41) is 0. The third-order valence-electron chi connectivity index (χ3n) is 5.30. The highest BCUT2D eigenvalue weighted by atomic mass is 16.2. The van der Waals surface area contributed by atoms with Crippen molar-refractivity contribution in [2.75, 3.05) is 4.90 Å². The number of benzene rings is 1. The molecule has 114 valence electrons. The monoisotopic (exact) mass is 285 g/mol. The number of anilines is 1. The van der Waals surface area contributed by atoms with Gasteiger partial charge in [-0.3, -0.25) is 4.79 Å². The van der Waals surface area contributed by atoms with Gasteiger partial charge in [0.25, 0.3) is 0 Å². The maximum atomic E-state index is 12.6. The van der Waals surface area contributed by atoms with Crippen LogP contribution in [0.4, 0.5) is 5.69 Å². The number of hydrogen-bond acceptors (Lipinski definition) is 1. The van der Waals surface area contributed by atoms with E-state index in [4.69, 9.17) is 0 Å². The van der Waals surface area contributed by atoms with Gasteiger partial charge in [0.2, 0.25) is 5.91 Å². The van der Waals surface area contributed by atoms with Gasteiger partial charge in [-0.1, -0.05) is 57.2 Å². The molecule has 0 spiro atoms. The highest BCUT2D eigenvalue weighted by Crippen LogP contribution is 2.43. The van der Waals surface area contributed by atoms with E-state index in [1.165, 1.54) is 44.9 Å². The lowest BCUT2D eigenvalue weighted by atomic mass is 9.71. The van der Waals surface area contributed by atoms with Crippen LogP contribution in [0, 0.1) is 11.8 Å². The van der Waals surface area contributed by atoms with Crippen molar-refractivity contribution in [2.24, 2.45) is 11.8 Å². The van der Waals surface area contributed by atoms with Crippen LogP contribution in [-0.2, 0) is 4.79 Å². The average molecular weight is 285 g/mol. The van der Waals surface area contributed by atoms with Crippen molar-refractivity contribution in [2.45, 2.75) is 64.3 Å². The molecule has 1 aliphatic heterocycles. The molecule has 2 fully saturated rings. The summed E-state index contributed by atoms with van der Waals surface area (Å²) in [5.41, 5.74) is 1.10. The van der Waals surface area contributed by atoms with Gasteiger partial charge in [-0.05, 0) is 37.3 Å². The topological polar surface area (TPSA) is 20.3 Å². The number of rotatable bonds is 5. The van der Waals surface area contributed by atoms with Crippen LogP contribution in [0.25, 0.3) is 0 Å². The number of carbonyl (C=O) groups is 1. The summed E-state index contributed by atoms with van der Waals surface area (Å²) in [6.45, 7) is 2.22. The van der Waals surface area contributed by atoms with E-state index in [0.717, 1.165) is 18.0 Å². The third-order valence-corrected chi connectivity index (χ3v) is 5.30. The predicted octanol–water partition coefficient (Wildman–Crippen LogP) is 4.79. The molecule has 2 nitrogen and oxygen atoms in total. The zero-order valence-corrected chi connectivity index (χ0v) is 13.1. The standard InChI is InChI=1S/C19H27NO/c1-2-3-14-17-18(15-10-6-4-7-11-15)20(19(17)21)16-12-8-5-9-13-16/h5,8-9,12-13,15,17-18H,2-4,6-7,10-11,14H2,1H3/t17-,18+/m1/s1. The number of para-hydroxylation sites is 1. The van der Waals surface area contributed by atoms with Gasteiger partial charge in [-0.2, -0.15) is 0 Å². The summed E-state index contributed by atoms with van der Waals surface area (Å²) in [7, 11) is 0. The summed E-state index contributed by atoms with van der Waals surface area (Å²) >= 11 is 0. The van der Waals surface area contributed by atoms with Crippen LogP contribution in [0.5, 0.6) is 0 Å². The second-order valence-electron chi connectivity index (χ2n) is 6.68. The molecule has 0 N–H and O–H groups in total. The van der Waals surface area contributed by atoms with Gasteiger partial charge in [-0.15, -0.1) is 0 Å². The van der Waals surface area contributed by atoms with E-state index in [-0.39, 0.29) is 5.92 Å². The van der Waals surface area contributed by atoms with Crippen molar-refractivity contribution >= 4 is 11.6 Å².